The zero-order chi connectivity index (χ0) is 20.9. The number of nitrogens with one attached hydrogen (secondary N) is 1. The third kappa shape index (κ3) is 5.11. The Balaban J connectivity index is 1.57. The van der Waals surface area contributed by atoms with Crippen LogP contribution < -0.4 is 5.32 Å². The Morgan fingerprint density at radius 3 is 2.14 bits per heavy atom. The Morgan fingerprint density at radius 2 is 1.55 bits per heavy atom. The molecule has 29 heavy (non-hydrogen) atoms. The van der Waals surface area contributed by atoms with Crippen molar-refractivity contribution in [2.75, 3.05) is 19.6 Å². The summed E-state index contributed by atoms with van der Waals surface area (Å²) in [4.78, 5) is 23.7. The average molecular weight is 410 g/mol. The predicted molar refractivity (Wildman–Crippen MR) is 110 cm³/mol. The zero-order valence-corrected chi connectivity index (χ0v) is 17.0. The first-order valence-electron chi connectivity index (χ1n) is 9.36. The summed E-state index contributed by atoms with van der Waals surface area (Å²) in [6.07, 6.45) is 1.75. The monoisotopic (exact) mass is 410 g/mol. The molecule has 0 unspecified atom stereocenters. The fraction of sp³-hybridized carbons (Fsp3) is 0.273. The van der Waals surface area contributed by atoms with E-state index in [1.54, 1.807) is 24.3 Å². The van der Waals surface area contributed by atoms with Gasteiger partial charge in [-0.25, -0.2) is 8.42 Å². The van der Waals surface area contributed by atoms with Gasteiger partial charge in [0.25, 0.3) is 5.91 Å². The molecule has 0 radical (unpaired) electrons. The fourth-order valence-corrected chi connectivity index (χ4v) is 4.53. The van der Waals surface area contributed by atoms with Crippen molar-refractivity contribution in [1.29, 1.82) is 0 Å². The van der Waals surface area contributed by atoms with Gasteiger partial charge in [-0.15, -0.1) is 0 Å². The van der Waals surface area contributed by atoms with E-state index in [1.807, 2.05) is 0 Å². The summed E-state index contributed by atoms with van der Waals surface area (Å²) in [5.41, 5.74) is 1.75. The number of sulfonamides is 1. The number of carbonyl (C=O) groups excluding carboxylic acids is 2. The largest absolute Gasteiger partial charge is 0.341 e. The molecule has 0 atom stereocenters. The fourth-order valence-electron chi connectivity index (χ4n) is 3.02. The van der Waals surface area contributed by atoms with Crippen molar-refractivity contribution in [3.63, 3.8) is 0 Å². The number of hydrogen-bond acceptors (Lipinski definition) is 4. The number of hydrogen-bond donors (Lipinski definition) is 1. The van der Waals surface area contributed by atoms with Crippen LogP contribution in [0.25, 0.3) is 0 Å². The topological polar surface area (TPSA) is 83.5 Å². The molecule has 0 aliphatic carbocycles. The van der Waals surface area contributed by atoms with Crippen LogP contribution in [-0.4, -0.2) is 44.0 Å². The van der Waals surface area contributed by atoms with Crippen molar-refractivity contribution in [2.24, 2.45) is 0 Å². The van der Waals surface area contributed by atoms with Crippen LogP contribution in [0.5, 0.6) is 0 Å². The van der Waals surface area contributed by atoms with Crippen molar-refractivity contribution in [2.45, 2.75) is 24.7 Å². The van der Waals surface area contributed by atoms with Gasteiger partial charge in [0.1, 0.15) is 0 Å². The molecule has 2 aromatic rings. The molecule has 150 valence electrons. The number of amides is 1. The second-order valence-electron chi connectivity index (χ2n) is 6.75. The number of carbonyl (C=O) groups is 2. The van der Waals surface area contributed by atoms with Gasteiger partial charge in [0, 0.05) is 29.8 Å². The molecule has 1 heterocycles. The van der Waals surface area contributed by atoms with Gasteiger partial charge in [-0.3, -0.25) is 9.59 Å². The van der Waals surface area contributed by atoms with Crippen LogP contribution in [0.2, 0.25) is 0 Å². The van der Waals surface area contributed by atoms with Crippen molar-refractivity contribution < 1.29 is 18.0 Å². The zero-order valence-electron chi connectivity index (χ0n) is 16.1. The van der Waals surface area contributed by atoms with Crippen LogP contribution in [0.15, 0.2) is 53.4 Å². The van der Waals surface area contributed by atoms with Crippen LogP contribution >= 0.6 is 0 Å². The molecule has 3 rings (SSSR count). The van der Waals surface area contributed by atoms with Gasteiger partial charge in [-0.2, -0.15) is 4.31 Å². The maximum absolute atomic E-state index is 12.5. The molecule has 1 fully saturated rings. The van der Waals surface area contributed by atoms with Crippen LogP contribution in [0.4, 0.5) is 0 Å². The summed E-state index contributed by atoms with van der Waals surface area (Å²) in [7, 11) is -3.48. The minimum absolute atomic E-state index is 0.00368. The summed E-state index contributed by atoms with van der Waals surface area (Å²) in [6, 6.07) is 12.9. The first kappa shape index (κ1) is 20.8. The highest BCUT2D eigenvalue weighted by Gasteiger charge is 2.27. The minimum atomic E-state index is -3.48. The van der Waals surface area contributed by atoms with Crippen LogP contribution in [0.3, 0.4) is 0 Å². The quantitative estimate of drug-likeness (QED) is 0.606. The van der Waals surface area contributed by atoms with Gasteiger partial charge < -0.3 is 5.32 Å². The minimum Gasteiger partial charge on any atom is -0.341 e. The van der Waals surface area contributed by atoms with E-state index >= 15 is 0 Å². The maximum atomic E-state index is 12.5. The Bertz CT molecular complexity index is 1060. The van der Waals surface area contributed by atoms with E-state index in [0.717, 1.165) is 18.4 Å². The summed E-state index contributed by atoms with van der Waals surface area (Å²) in [5.74, 6) is 5.44. The van der Waals surface area contributed by atoms with Crippen molar-refractivity contribution in [1.82, 2.24) is 9.62 Å². The van der Waals surface area contributed by atoms with E-state index in [0.29, 0.717) is 24.2 Å². The molecule has 1 aliphatic rings. The third-order valence-electron chi connectivity index (χ3n) is 4.68. The first-order valence-corrected chi connectivity index (χ1v) is 10.8. The molecule has 0 bridgehead atoms. The van der Waals surface area contributed by atoms with Crippen molar-refractivity contribution in [3.8, 4) is 11.8 Å². The molecule has 0 aromatic heterocycles. The Labute approximate surface area is 171 Å². The Morgan fingerprint density at radius 1 is 0.966 bits per heavy atom. The number of ketones is 1. The second-order valence-corrected chi connectivity index (χ2v) is 8.69. The second kappa shape index (κ2) is 9.03. The van der Waals surface area contributed by atoms with Crippen LogP contribution in [0.1, 0.15) is 46.0 Å². The lowest BCUT2D eigenvalue weighted by Crippen LogP contribution is -2.28. The highest BCUT2D eigenvalue weighted by Crippen LogP contribution is 2.21. The third-order valence-corrected chi connectivity index (χ3v) is 6.59. The van der Waals surface area contributed by atoms with E-state index in [2.05, 4.69) is 17.2 Å². The highest BCUT2D eigenvalue weighted by atomic mass is 32.2. The summed E-state index contributed by atoms with van der Waals surface area (Å²) < 4.78 is 26.5. The number of rotatable bonds is 5. The smallest absolute Gasteiger partial charge is 0.252 e. The average Bonchev–Trinajstić information content (AvgIpc) is 3.27. The van der Waals surface area contributed by atoms with Gasteiger partial charge in [-0.05, 0) is 56.2 Å². The molecular formula is C22H22N2O4S. The predicted octanol–water partition coefficient (Wildman–Crippen LogP) is 2.46. The van der Waals surface area contributed by atoms with E-state index in [4.69, 9.17) is 0 Å². The van der Waals surface area contributed by atoms with E-state index in [-0.39, 0.29) is 23.1 Å². The maximum Gasteiger partial charge on any atom is 0.252 e. The van der Waals surface area contributed by atoms with Crippen molar-refractivity contribution >= 4 is 21.7 Å². The number of benzene rings is 2. The summed E-state index contributed by atoms with van der Waals surface area (Å²) in [6.45, 7) is 2.74. The van der Waals surface area contributed by atoms with Crippen molar-refractivity contribution in [3.05, 3.63) is 65.2 Å². The summed E-state index contributed by atoms with van der Waals surface area (Å²) in [5, 5.41) is 2.69. The van der Waals surface area contributed by atoms with Crippen LogP contribution in [-0.2, 0) is 10.0 Å². The molecule has 0 spiro atoms. The number of nitrogens with zero attached hydrogens (tertiary/aromatic N) is 1. The molecule has 6 nitrogen and oxygen atoms in total. The van der Waals surface area contributed by atoms with E-state index < -0.39 is 10.0 Å². The molecule has 2 aromatic carbocycles. The summed E-state index contributed by atoms with van der Waals surface area (Å²) >= 11 is 0. The van der Waals surface area contributed by atoms with Gasteiger partial charge >= 0.3 is 0 Å². The molecule has 1 aliphatic heterocycles. The van der Waals surface area contributed by atoms with Gasteiger partial charge in [-0.1, -0.05) is 24.0 Å². The molecule has 1 N–H and O–H groups in total. The molecular weight excluding hydrogens is 388 g/mol. The lowest BCUT2D eigenvalue weighted by molar-refractivity contribution is 0.0957. The Hall–Kier alpha value is -2.95. The molecule has 1 saturated heterocycles. The lowest BCUT2D eigenvalue weighted by Gasteiger charge is -2.15. The van der Waals surface area contributed by atoms with Gasteiger partial charge in [0.2, 0.25) is 10.0 Å². The standard InChI is InChI=1S/C22H22N2O4S/c1-17(25)19-8-6-18(7-9-19)5-4-14-23-22(26)20-10-12-21(13-11-20)29(27,28)24-15-2-3-16-24/h6-13H,2-3,14-16H2,1H3,(H,23,26). The molecule has 0 saturated carbocycles. The van der Waals surface area contributed by atoms with Gasteiger partial charge in [0.15, 0.2) is 5.78 Å². The molecule has 1 amide bonds. The number of Topliss-reactive ketones (excluding diaryl/α,β-unsaturated/α-hetero) is 1. The Kier molecular flexibility index (Phi) is 6.47. The van der Waals surface area contributed by atoms with E-state index in [1.165, 1.54) is 35.5 Å². The van der Waals surface area contributed by atoms with Gasteiger partial charge in [0.05, 0.1) is 11.4 Å². The first-order chi connectivity index (χ1) is 13.9. The molecule has 7 heteroatoms. The lowest BCUT2D eigenvalue weighted by atomic mass is 10.1. The highest BCUT2D eigenvalue weighted by molar-refractivity contribution is 7.89. The normalized spacial score (nSPS) is 14.1. The SMILES string of the molecule is CC(=O)c1ccc(C#CCNC(=O)c2ccc(S(=O)(=O)N3CCCC3)cc2)cc1. The van der Waals surface area contributed by atoms with E-state index in [9.17, 15) is 18.0 Å². The van der Waals surface area contributed by atoms with Crippen LogP contribution in [0, 0.1) is 11.8 Å².